The van der Waals surface area contributed by atoms with Gasteiger partial charge in [-0.25, -0.2) is 9.97 Å². The molecule has 0 aliphatic carbocycles. The molecular weight excluding hydrogens is 238 g/mol. The van der Waals surface area contributed by atoms with E-state index in [1.165, 1.54) is 0 Å². The maximum absolute atomic E-state index is 5.62. The van der Waals surface area contributed by atoms with Gasteiger partial charge in [0.25, 0.3) is 0 Å². The maximum atomic E-state index is 5.62. The molecule has 0 aliphatic heterocycles. The molecule has 1 heterocycles. The van der Waals surface area contributed by atoms with E-state index in [1.54, 1.807) is 7.11 Å². The number of nitrogens with two attached hydrogens (primary N) is 1. The number of methoxy groups -OCH3 is 1. The summed E-state index contributed by atoms with van der Waals surface area (Å²) in [6.07, 6.45) is 0.809. The highest BCUT2D eigenvalue weighted by Gasteiger charge is 2.12. The number of ether oxygens (including phenoxy) is 1. The Labute approximate surface area is 113 Å². The van der Waals surface area contributed by atoms with E-state index in [4.69, 9.17) is 10.5 Å². The maximum Gasteiger partial charge on any atom is 0.163 e. The number of rotatable bonds is 4. The predicted molar refractivity (Wildman–Crippen MR) is 76.3 cm³/mol. The molecule has 0 saturated heterocycles. The summed E-state index contributed by atoms with van der Waals surface area (Å²) in [6.45, 7) is 4.61. The summed E-state index contributed by atoms with van der Waals surface area (Å²) in [7, 11) is 1.65. The van der Waals surface area contributed by atoms with Crippen LogP contribution in [0, 0.1) is 13.8 Å². The van der Waals surface area contributed by atoms with Crippen LogP contribution in [0.4, 0.5) is 0 Å². The lowest BCUT2D eigenvalue weighted by molar-refractivity contribution is 0.416. The Kier molecular flexibility index (Phi) is 4.12. The van der Waals surface area contributed by atoms with Gasteiger partial charge in [0.15, 0.2) is 5.82 Å². The van der Waals surface area contributed by atoms with Crippen molar-refractivity contribution in [1.82, 2.24) is 9.97 Å². The standard InChI is InChI=1S/C15H19N3O/c1-10-12(8-9-16)11(2)18-15(17-10)13-6-4-5-7-14(13)19-3/h4-7H,8-9,16H2,1-3H3. The second-order valence-electron chi connectivity index (χ2n) is 4.44. The van der Waals surface area contributed by atoms with Gasteiger partial charge in [-0.1, -0.05) is 12.1 Å². The first kappa shape index (κ1) is 13.5. The first-order valence-corrected chi connectivity index (χ1v) is 6.35. The van der Waals surface area contributed by atoms with Crippen molar-refractivity contribution in [3.05, 3.63) is 41.2 Å². The summed E-state index contributed by atoms with van der Waals surface area (Å²) in [5.41, 5.74) is 9.64. The minimum absolute atomic E-state index is 0.610. The average molecular weight is 257 g/mol. The SMILES string of the molecule is COc1ccccc1-c1nc(C)c(CCN)c(C)n1. The van der Waals surface area contributed by atoms with Gasteiger partial charge >= 0.3 is 0 Å². The van der Waals surface area contributed by atoms with Gasteiger partial charge in [-0.15, -0.1) is 0 Å². The molecule has 0 amide bonds. The third kappa shape index (κ3) is 2.74. The molecule has 100 valence electrons. The number of hydrogen-bond acceptors (Lipinski definition) is 4. The van der Waals surface area contributed by atoms with E-state index >= 15 is 0 Å². The molecule has 0 aliphatic rings. The van der Waals surface area contributed by atoms with E-state index in [2.05, 4.69) is 9.97 Å². The Balaban J connectivity index is 2.52. The van der Waals surface area contributed by atoms with Crippen LogP contribution in [0.15, 0.2) is 24.3 Å². The van der Waals surface area contributed by atoms with Gasteiger partial charge < -0.3 is 10.5 Å². The average Bonchev–Trinajstić information content (AvgIpc) is 2.42. The molecule has 0 atom stereocenters. The summed E-state index contributed by atoms with van der Waals surface area (Å²) >= 11 is 0. The number of hydrogen-bond donors (Lipinski definition) is 1. The molecular formula is C15H19N3O. The highest BCUT2D eigenvalue weighted by atomic mass is 16.5. The molecule has 0 fully saturated rings. The molecule has 1 aromatic carbocycles. The van der Waals surface area contributed by atoms with E-state index in [-0.39, 0.29) is 0 Å². The third-order valence-electron chi connectivity index (χ3n) is 3.16. The summed E-state index contributed by atoms with van der Waals surface area (Å²) in [4.78, 5) is 9.17. The normalized spacial score (nSPS) is 10.5. The molecule has 0 unspecified atom stereocenters. The molecule has 2 N–H and O–H groups in total. The second kappa shape index (κ2) is 5.80. The Hall–Kier alpha value is -1.94. The monoisotopic (exact) mass is 257 g/mol. The van der Waals surface area contributed by atoms with E-state index in [1.807, 2.05) is 38.1 Å². The minimum atomic E-state index is 0.610. The van der Waals surface area contributed by atoms with E-state index in [0.29, 0.717) is 12.4 Å². The van der Waals surface area contributed by atoms with Crippen LogP contribution in [-0.2, 0) is 6.42 Å². The second-order valence-corrected chi connectivity index (χ2v) is 4.44. The zero-order valence-electron chi connectivity index (χ0n) is 11.6. The van der Waals surface area contributed by atoms with Crippen molar-refractivity contribution in [3.63, 3.8) is 0 Å². The van der Waals surface area contributed by atoms with Crippen LogP contribution in [0.3, 0.4) is 0 Å². The van der Waals surface area contributed by atoms with Gasteiger partial charge in [-0.05, 0) is 44.5 Å². The lowest BCUT2D eigenvalue weighted by atomic mass is 10.1. The fourth-order valence-electron chi connectivity index (χ4n) is 2.20. The zero-order chi connectivity index (χ0) is 13.8. The van der Waals surface area contributed by atoms with Crippen molar-refractivity contribution < 1.29 is 4.74 Å². The molecule has 2 rings (SSSR count). The smallest absolute Gasteiger partial charge is 0.163 e. The first-order chi connectivity index (χ1) is 9.17. The van der Waals surface area contributed by atoms with Crippen molar-refractivity contribution >= 4 is 0 Å². The molecule has 4 heteroatoms. The predicted octanol–water partition coefficient (Wildman–Crippen LogP) is 2.27. The summed E-state index contributed by atoms with van der Waals surface area (Å²) in [5, 5.41) is 0. The van der Waals surface area contributed by atoms with E-state index in [9.17, 15) is 0 Å². The third-order valence-corrected chi connectivity index (χ3v) is 3.16. The molecule has 19 heavy (non-hydrogen) atoms. The Bertz CT molecular complexity index is 558. The Morgan fingerprint density at radius 3 is 2.32 bits per heavy atom. The van der Waals surface area contributed by atoms with Crippen molar-refractivity contribution in [2.45, 2.75) is 20.3 Å². The van der Waals surface area contributed by atoms with Crippen LogP contribution in [0.2, 0.25) is 0 Å². The Morgan fingerprint density at radius 1 is 1.11 bits per heavy atom. The highest BCUT2D eigenvalue weighted by molar-refractivity contribution is 5.64. The van der Waals surface area contributed by atoms with Gasteiger partial charge in [-0.2, -0.15) is 0 Å². The zero-order valence-corrected chi connectivity index (χ0v) is 11.6. The Morgan fingerprint density at radius 2 is 1.74 bits per heavy atom. The highest BCUT2D eigenvalue weighted by Crippen LogP contribution is 2.27. The van der Waals surface area contributed by atoms with Crippen LogP contribution in [-0.4, -0.2) is 23.6 Å². The minimum Gasteiger partial charge on any atom is -0.496 e. The van der Waals surface area contributed by atoms with E-state index < -0.39 is 0 Å². The van der Waals surface area contributed by atoms with Crippen molar-refractivity contribution in [2.75, 3.05) is 13.7 Å². The van der Waals surface area contributed by atoms with Gasteiger partial charge in [0.2, 0.25) is 0 Å². The van der Waals surface area contributed by atoms with E-state index in [0.717, 1.165) is 34.7 Å². The van der Waals surface area contributed by atoms with Gasteiger partial charge in [-0.3, -0.25) is 0 Å². The number of nitrogens with zero attached hydrogens (tertiary/aromatic N) is 2. The molecule has 0 bridgehead atoms. The molecule has 0 saturated carbocycles. The van der Waals surface area contributed by atoms with Crippen LogP contribution in [0.25, 0.3) is 11.4 Å². The van der Waals surface area contributed by atoms with Crippen molar-refractivity contribution in [3.8, 4) is 17.1 Å². The van der Waals surface area contributed by atoms with Crippen molar-refractivity contribution in [2.24, 2.45) is 5.73 Å². The van der Waals surface area contributed by atoms with Crippen LogP contribution in [0.1, 0.15) is 17.0 Å². The molecule has 0 spiro atoms. The van der Waals surface area contributed by atoms with Gasteiger partial charge in [0.05, 0.1) is 12.7 Å². The van der Waals surface area contributed by atoms with Gasteiger partial charge in [0.1, 0.15) is 5.75 Å². The number of para-hydroxylation sites is 1. The first-order valence-electron chi connectivity index (χ1n) is 6.35. The summed E-state index contributed by atoms with van der Waals surface area (Å²) in [5.74, 6) is 1.49. The fraction of sp³-hybridized carbons (Fsp3) is 0.333. The molecule has 4 nitrogen and oxygen atoms in total. The summed E-state index contributed by atoms with van der Waals surface area (Å²) < 4.78 is 5.36. The number of aryl methyl sites for hydroxylation is 2. The van der Waals surface area contributed by atoms with Gasteiger partial charge in [0, 0.05) is 11.4 Å². The largest absolute Gasteiger partial charge is 0.496 e. The lowest BCUT2D eigenvalue weighted by Gasteiger charge is -2.12. The van der Waals surface area contributed by atoms with Crippen molar-refractivity contribution in [1.29, 1.82) is 0 Å². The lowest BCUT2D eigenvalue weighted by Crippen LogP contribution is -2.09. The fourth-order valence-corrected chi connectivity index (χ4v) is 2.20. The number of benzene rings is 1. The molecule has 0 radical (unpaired) electrons. The van der Waals surface area contributed by atoms with Crippen LogP contribution >= 0.6 is 0 Å². The number of aromatic nitrogens is 2. The topological polar surface area (TPSA) is 61.0 Å². The quantitative estimate of drug-likeness (QED) is 0.912. The van der Waals surface area contributed by atoms with Crippen LogP contribution < -0.4 is 10.5 Å². The molecule has 2 aromatic rings. The summed E-state index contributed by atoms with van der Waals surface area (Å²) in [6, 6.07) is 7.78. The molecule has 1 aromatic heterocycles. The van der Waals surface area contributed by atoms with Crippen LogP contribution in [0.5, 0.6) is 5.75 Å².